The van der Waals surface area contributed by atoms with Crippen LogP contribution in [0.25, 0.3) is 10.4 Å². The van der Waals surface area contributed by atoms with Crippen LogP contribution in [0, 0.1) is 12.7 Å². The third kappa shape index (κ3) is 2.53. The molecule has 1 aliphatic rings. The Hall–Kier alpha value is -1.88. The molecule has 0 aliphatic carbocycles. The van der Waals surface area contributed by atoms with Gasteiger partial charge < -0.3 is 10.6 Å². The fraction of sp³-hybridized carbons (Fsp3) is 0.312. The zero-order chi connectivity index (χ0) is 15.0. The van der Waals surface area contributed by atoms with Crippen LogP contribution in [0.3, 0.4) is 0 Å². The van der Waals surface area contributed by atoms with E-state index in [0.29, 0.717) is 10.6 Å². The number of hydrogen-bond acceptors (Lipinski definition) is 3. The zero-order valence-electron chi connectivity index (χ0n) is 11.9. The molecule has 2 heterocycles. The number of nitrogen functional groups attached to an aromatic ring is 1. The number of likely N-dealkylation sites (tertiary alicyclic amines) is 1. The maximum Gasteiger partial charge on any atom is 0.257 e. The third-order valence-corrected chi connectivity index (χ3v) is 5.06. The SMILES string of the molecule is Cc1c(-c2ccc(F)cc2)sc(N)c1C(=O)N1CCCC1. The van der Waals surface area contributed by atoms with Crippen molar-refractivity contribution in [2.45, 2.75) is 19.8 Å². The van der Waals surface area contributed by atoms with E-state index in [1.54, 1.807) is 12.1 Å². The molecule has 1 amide bonds. The predicted molar refractivity (Wildman–Crippen MR) is 84.0 cm³/mol. The average Bonchev–Trinajstić information content (AvgIpc) is 3.08. The summed E-state index contributed by atoms with van der Waals surface area (Å²) in [4.78, 5) is 15.4. The molecule has 0 saturated carbocycles. The van der Waals surface area contributed by atoms with E-state index < -0.39 is 0 Å². The fourth-order valence-corrected chi connectivity index (χ4v) is 3.83. The molecule has 1 saturated heterocycles. The minimum atomic E-state index is -0.269. The summed E-state index contributed by atoms with van der Waals surface area (Å²) in [5.74, 6) is -0.249. The highest BCUT2D eigenvalue weighted by molar-refractivity contribution is 7.19. The molecule has 0 spiro atoms. The van der Waals surface area contributed by atoms with Crippen molar-refractivity contribution in [3.8, 4) is 10.4 Å². The molecular formula is C16H17FN2OS. The molecule has 3 nitrogen and oxygen atoms in total. The topological polar surface area (TPSA) is 46.3 Å². The lowest BCUT2D eigenvalue weighted by Gasteiger charge is -2.15. The van der Waals surface area contributed by atoms with Crippen molar-refractivity contribution in [2.75, 3.05) is 18.8 Å². The number of carbonyl (C=O) groups is 1. The van der Waals surface area contributed by atoms with Gasteiger partial charge in [0.15, 0.2) is 0 Å². The Labute approximate surface area is 127 Å². The summed E-state index contributed by atoms with van der Waals surface area (Å²) >= 11 is 1.39. The molecule has 3 rings (SSSR count). The molecule has 21 heavy (non-hydrogen) atoms. The summed E-state index contributed by atoms with van der Waals surface area (Å²) in [5, 5.41) is 0.545. The molecule has 1 aromatic carbocycles. The van der Waals surface area contributed by atoms with Crippen LogP contribution in [0.5, 0.6) is 0 Å². The first-order valence-corrected chi connectivity index (χ1v) is 7.83. The highest BCUT2D eigenvalue weighted by Crippen LogP contribution is 2.39. The lowest BCUT2D eigenvalue weighted by Crippen LogP contribution is -2.28. The minimum absolute atomic E-state index is 0.0205. The first kappa shape index (κ1) is 14.1. The van der Waals surface area contributed by atoms with Crippen LogP contribution in [0.2, 0.25) is 0 Å². The maximum atomic E-state index is 13.0. The van der Waals surface area contributed by atoms with E-state index in [1.165, 1.54) is 23.5 Å². The number of nitrogens with two attached hydrogens (primary N) is 1. The van der Waals surface area contributed by atoms with Crippen molar-refractivity contribution in [3.05, 3.63) is 41.2 Å². The van der Waals surface area contributed by atoms with E-state index in [4.69, 9.17) is 5.73 Å². The molecular weight excluding hydrogens is 287 g/mol. The van der Waals surface area contributed by atoms with Crippen LogP contribution < -0.4 is 5.73 Å². The Morgan fingerprint density at radius 3 is 2.48 bits per heavy atom. The molecule has 5 heteroatoms. The van der Waals surface area contributed by atoms with Crippen LogP contribution in [-0.4, -0.2) is 23.9 Å². The van der Waals surface area contributed by atoms with Gasteiger partial charge in [0.1, 0.15) is 5.82 Å². The second-order valence-electron chi connectivity index (χ2n) is 5.30. The second kappa shape index (κ2) is 5.48. The normalized spacial score (nSPS) is 14.7. The Morgan fingerprint density at radius 1 is 1.24 bits per heavy atom. The summed E-state index contributed by atoms with van der Waals surface area (Å²) in [6.07, 6.45) is 2.11. The summed E-state index contributed by atoms with van der Waals surface area (Å²) < 4.78 is 13.0. The second-order valence-corrected chi connectivity index (χ2v) is 6.35. The van der Waals surface area contributed by atoms with E-state index in [-0.39, 0.29) is 11.7 Å². The van der Waals surface area contributed by atoms with Crippen molar-refractivity contribution >= 4 is 22.2 Å². The van der Waals surface area contributed by atoms with Crippen LogP contribution in [0.15, 0.2) is 24.3 Å². The number of nitrogens with zero attached hydrogens (tertiary/aromatic N) is 1. The zero-order valence-corrected chi connectivity index (χ0v) is 12.7. The first-order chi connectivity index (χ1) is 10.1. The van der Waals surface area contributed by atoms with Crippen LogP contribution in [0.4, 0.5) is 9.39 Å². The van der Waals surface area contributed by atoms with Gasteiger partial charge in [-0.15, -0.1) is 11.3 Å². The molecule has 1 fully saturated rings. The van der Waals surface area contributed by atoms with E-state index in [2.05, 4.69) is 0 Å². The van der Waals surface area contributed by atoms with Gasteiger partial charge >= 0.3 is 0 Å². The molecule has 1 aromatic heterocycles. The number of amides is 1. The van der Waals surface area contributed by atoms with Crippen molar-refractivity contribution in [2.24, 2.45) is 0 Å². The van der Waals surface area contributed by atoms with Crippen LogP contribution in [0.1, 0.15) is 28.8 Å². The molecule has 0 bridgehead atoms. The molecule has 2 aromatic rings. The third-order valence-electron chi connectivity index (χ3n) is 3.89. The summed E-state index contributed by atoms with van der Waals surface area (Å²) in [6.45, 7) is 3.52. The van der Waals surface area contributed by atoms with Crippen molar-refractivity contribution < 1.29 is 9.18 Å². The highest BCUT2D eigenvalue weighted by Gasteiger charge is 2.26. The van der Waals surface area contributed by atoms with Crippen molar-refractivity contribution in [1.82, 2.24) is 4.90 Å². The van der Waals surface area contributed by atoms with Gasteiger partial charge in [0.05, 0.1) is 10.6 Å². The maximum absolute atomic E-state index is 13.0. The van der Waals surface area contributed by atoms with Gasteiger partial charge in [-0.25, -0.2) is 4.39 Å². The Bertz CT molecular complexity index is 672. The monoisotopic (exact) mass is 304 g/mol. The smallest absolute Gasteiger partial charge is 0.257 e. The van der Waals surface area contributed by atoms with Gasteiger partial charge in [-0.2, -0.15) is 0 Å². The molecule has 1 aliphatic heterocycles. The van der Waals surface area contributed by atoms with Crippen molar-refractivity contribution in [3.63, 3.8) is 0 Å². The van der Waals surface area contributed by atoms with Crippen LogP contribution >= 0.6 is 11.3 Å². The number of carbonyl (C=O) groups excluding carboxylic acids is 1. The molecule has 110 valence electrons. The van der Waals surface area contributed by atoms with Gasteiger partial charge in [0.2, 0.25) is 0 Å². The van der Waals surface area contributed by atoms with Gasteiger partial charge in [-0.1, -0.05) is 12.1 Å². The largest absolute Gasteiger partial charge is 0.390 e. The van der Waals surface area contributed by atoms with Gasteiger partial charge in [-0.05, 0) is 43.0 Å². The molecule has 0 atom stereocenters. The summed E-state index contributed by atoms with van der Waals surface area (Å²) in [7, 11) is 0. The number of thiophene rings is 1. The quantitative estimate of drug-likeness (QED) is 0.920. The van der Waals surface area contributed by atoms with Gasteiger partial charge in [-0.3, -0.25) is 4.79 Å². The van der Waals surface area contributed by atoms with E-state index in [1.807, 2.05) is 11.8 Å². The van der Waals surface area contributed by atoms with Crippen molar-refractivity contribution in [1.29, 1.82) is 0 Å². The van der Waals surface area contributed by atoms with E-state index >= 15 is 0 Å². The lowest BCUT2D eigenvalue weighted by atomic mass is 10.1. The number of hydrogen-bond donors (Lipinski definition) is 1. The van der Waals surface area contributed by atoms with E-state index in [9.17, 15) is 9.18 Å². The number of halogens is 1. The summed E-state index contributed by atoms with van der Waals surface area (Å²) in [6, 6.07) is 6.29. The molecule has 2 N–H and O–H groups in total. The minimum Gasteiger partial charge on any atom is -0.390 e. The number of anilines is 1. The predicted octanol–water partition coefficient (Wildman–Crippen LogP) is 3.68. The van der Waals surface area contributed by atoms with Gasteiger partial charge in [0, 0.05) is 18.0 Å². The van der Waals surface area contributed by atoms with Crippen LogP contribution in [-0.2, 0) is 0 Å². The fourth-order valence-electron chi connectivity index (χ4n) is 2.76. The first-order valence-electron chi connectivity index (χ1n) is 7.02. The lowest BCUT2D eigenvalue weighted by molar-refractivity contribution is 0.0793. The highest BCUT2D eigenvalue weighted by atomic mass is 32.1. The van der Waals surface area contributed by atoms with Gasteiger partial charge in [0.25, 0.3) is 5.91 Å². The number of rotatable bonds is 2. The molecule has 0 radical (unpaired) electrons. The average molecular weight is 304 g/mol. The molecule has 0 unspecified atom stereocenters. The summed E-state index contributed by atoms with van der Waals surface area (Å²) in [5.41, 5.74) is 8.47. The Kier molecular flexibility index (Phi) is 3.68. The Morgan fingerprint density at radius 2 is 1.86 bits per heavy atom. The van der Waals surface area contributed by atoms with E-state index in [0.717, 1.165) is 41.9 Å². The standard InChI is InChI=1S/C16H17FN2OS/c1-10-13(16(20)19-8-2-3-9-19)15(18)21-14(10)11-4-6-12(17)7-5-11/h4-7H,2-3,8-9,18H2,1H3. The Balaban J connectivity index is 1.99. The number of benzene rings is 1.